The molecule has 2 aromatic rings. The summed E-state index contributed by atoms with van der Waals surface area (Å²) in [7, 11) is 0. The van der Waals surface area contributed by atoms with Crippen LogP contribution in [0.2, 0.25) is 0 Å². The maximum Gasteiger partial charge on any atom is 0.291 e. The van der Waals surface area contributed by atoms with Gasteiger partial charge in [0.2, 0.25) is 0 Å². The lowest BCUT2D eigenvalue weighted by Gasteiger charge is -2.47. The quantitative estimate of drug-likeness (QED) is 0.352. The van der Waals surface area contributed by atoms with Gasteiger partial charge in [0, 0.05) is 18.2 Å². The Hall–Kier alpha value is -3.30. The number of H-pyrrole nitrogens is 1. The molecule has 2 amide bonds. The molecule has 2 aliphatic heterocycles. The molecular formula is C35H54N8O2. The molecule has 0 bridgehead atoms. The number of piperidine rings is 1. The van der Waals surface area contributed by atoms with Crippen LogP contribution in [0.1, 0.15) is 140 Å². The van der Waals surface area contributed by atoms with Crippen LogP contribution >= 0.6 is 0 Å². The first-order valence-electron chi connectivity index (χ1n) is 17.1. The van der Waals surface area contributed by atoms with E-state index in [4.69, 9.17) is 4.99 Å². The van der Waals surface area contributed by atoms with Crippen molar-refractivity contribution in [2.45, 2.75) is 137 Å². The minimum Gasteiger partial charge on any atom is -0.349 e. The van der Waals surface area contributed by atoms with Gasteiger partial charge in [-0.25, -0.2) is 4.99 Å². The number of hydrogen-bond acceptors (Lipinski definition) is 7. The van der Waals surface area contributed by atoms with Gasteiger partial charge in [0.15, 0.2) is 11.7 Å². The van der Waals surface area contributed by atoms with Crippen LogP contribution in [0.25, 0.3) is 0 Å². The molecule has 10 nitrogen and oxygen atoms in total. The zero-order valence-corrected chi connectivity index (χ0v) is 28.5. The molecule has 3 heterocycles. The third kappa shape index (κ3) is 7.41. The molecule has 2 N–H and O–H groups in total. The maximum absolute atomic E-state index is 14.8. The molecule has 45 heavy (non-hydrogen) atoms. The van der Waals surface area contributed by atoms with Crippen LogP contribution in [-0.2, 0) is 11.3 Å². The summed E-state index contributed by atoms with van der Waals surface area (Å²) in [6.07, 6.45) is 10.1. The van der Waals surface area contributed by atoms with Crippen molar-refractivity contribution < 1.29 is 9.59 Å². The van der Waals surface area contributed by atoms with E-state index in [1.54, 1.807) is 0 Å². The second-order valence-corrected chi connectivity index (χ2v) is 15.7. The fourth-order valence-electron chi connectivity index (χ4n) is 7.61. The van der Waals surface area contributed by atoms with E-state index in [9.17, 15) is 9.59 Å². The monoisotopic (exact) mass is 618 g/mol. The Morgan fingerprint density at radius 3 is 2.38 bits per heavy atom. The molecule has 1 saturated heterocycles. The van der Waals surface area contributed by atoms with Crippen molar-refractivity contribution in [3.8, 4) is 0 Å². The van der Waals surface area contributed by atoms with Crippen LogP contribution in [0.5, 0.6) is 0 Å². The van der Waals surface area contributed by atoms with Crippen molar-refractivity contribution in [3.63, 3.8) is 0 Å². The number of amidine groups is 1. The average molecular weight is 619 g/mol. The minimum atomic E-state index is -0.535. The number of likely N-dealkylation sites (tertiary alicyclic amines) is 1. The molecule has 3 aliphatic rings. The van der Waals surface area contributed by atoms with E-state index in [2.05, 4.69) is 84.2 Å². The first kappa shape index (κ1) is 33.1. The fourth-order valence-corrected chi connectivity index (χ4v) is 7.61. The molecule has 1 aromatic heterocycles. The SMILES string of the molecule is CCC1CCCCN1C1=NC2(CCC(C(C)(C)C)CC2)N([C@H](CCC(C)(C)C)c2ccc(C(=O)NCc3nn[nH]n3)cc2)C1=O. The highest BCUT2D eigenvalue weighted by atomic mass is 16.2. The number of rotatable bonds is 8. The van der Waals surface area contributed by atoms with Crippen LogP contribution in [-0.4, -0.2) is 66.3 Å². The number of aliphatic imine (C=N–C) groups is 1. The summed E-state index contributed by atoms with van der Waals surface area (Å²) < 4.78 is 0. The number of carbonyl (C=O) groups is 2. The number of hydrogen-bond donors (Lipinski definition) is 2. The molecule has 1 aromatic carbocycles. The number of nitrogens with zero attached hydrogens (tertiary/aromatic N) is 6. The number of aromatic nitrogens is 4. The number of amides is 2. The van der Waals surface area contributed by atoms with Crippen molar-refractivity contribution >= 4 is 17.6 Å². The van der Waals surface area contributed by atoms with Crippen LogP contribution in [0.4, 0.5) is 0 Å². The van der Waals surface area contributed by atoms with Crippen LogP contribution in [0.3, 0.4) is 0 Å². The molecule has 1 spiro atoms. The Morgan fingerprint density at radius 2 is 1.78 bits per heavy atom. The van der Waals surface area contributed by atoms with Crippen LogP contribution in [0.15, 0.2) is 29.3 Å². The maximum atomic E-state index is 14.8. The highest BCUT2D eigenvalue weighted by Crippen LogP contribution is 2.50. The summed E-state index contributed by atoms with van der Waals surface area (Å²) in [6, 6.07) is 8.04. The van der Waals surface area contributed by atoms with Crippen molar-refractivity contribution in [2.75, 3.05) is 6.54 Å². The van der Waals surface area contributed by atoms with E-state index in [0.717, 1.165) is 69.9 Å². The van der Waals surface area contributed by atoms with E-state index in [0.29, 0.717) is 29.2 Å². The van der Waals surface area contributed by atoms with E-state index in [1.165, 1.54) is 6.42 Å². The smallest absolute Gasteiger partial charge is 0.291 e. The first-order chi connectivity index (χ1) is 21.3. The van der Waals surface area contributed by atoms with Crippen molar-refractivity contribution in [1.82, 2.24) is 35.7 Å². The topological polar surface area (TPSA) is 119 Å². The lowest BCUT2D eigenvalue weighted by molar-refractivity contribution is -0.134. The largest absolute Gasteiger partial charge is 0.349 e. The molecule has 10 heteroatoms. The summed E-state index contributed by atoms with van der Waals surface area (Å²) in [4.78, 5) is 37.8. The van der Waals surface area contributed by atoms with Gasteiger partial charge in [0.1, 0.15) is 5.66 Å². The number of nitrogens with one attached hydrogen (secondary N) is 2. The van der Waals surface area contributed by atoms with E-state index in [-0.39, 0.29) is 35.2 Å². The third-order valence-electron chi connectivity index (χ3n) is 10.4. The zero-order valence-electron chi connectivity index (χ0n) is 28.5. The molecule has 246 valence electrons. The van der Waals surface area contributed by atoms with Gasteiger partial charge in [0.05, 0.1) is 12.6 Å². The predicted octanol–water partition coefficient (Wildman–Crippen LogP) is 6.43. The minimum absolute atomic E-state index is 0.0883. The van der Waals surface area contributed by atoms with Crippen LogP contribution < -0.4 is 5.32 Å². The molecule has 1 unspecified atom stereocenters. The average Bonchev–Trinajstić information content (AvgIpc) is 3.62. The summed E-state index contributed by atoms with van der Waals surface area (Å²) in [5, 5.41) is 16.6. The number of benzene rings is 1. The summed E-state index contributed by atoms with van der Waals surface area (Å²) >= 11 is 0. The van der Waals surface area contributed by atoms with E-state index >= 15 is 0 Å². The summed E-state index contributed by atoms with van der Waals surface area (Å²) in [5.41, 5.74) is 1.42. The first-order valence-corrected chi connectivity index (χ1v) is 17.1. The van der Waals surface area contributed by atoms with Gasteiger partial charge in [-0.3, -0.25) is 9.59 Å². The fraction of sp³-hybridized carbons (Fsp3) is 0.714. The molecule has 1 saturated carbocycles. The lowest BCUT2D eigenvalue weighted by atomic mass is 9.69. The molecule has 5 rings (SSSR count). The van der Waals surface area contributed by atoms with Gasteiger partial charge in [-0.05, 0) is 98.7 Å². The number of aromatic amines is 1. The van der Waals surface area contributed by atoms with E-state index < -0.39 is 5.66 Å². The van der Waals surface area contributed by atoms with Crippen molar-refractivity contribution in [2.24, 2.45) is 21.7 Å². The van der Waals surface area contributed by atoms with Crippen molar-refractivity contribution in [1.29, 1.82) is 0 Å². The summed E-state index contributed by atoms with van der Waals surface area (Å²) in [6.45, 7) is 17.1. The zero-order chi connectivity index (χ0) is 32.4. The Kier molecular flexibility index (Phi) is 9.70. The van der Waals surface area contributed by atoms with Gasteiger partial charge >= 0.3 is 0 Å². The lowest BCUT2D eigenvalue weighted by Crippen LogP contribution is -2.53. The predicted molar refractivity (Wildman–Crippen MR) is 176 cm³/mol. The molecule has 2 fully saturated rings. The third-order valence-corrected chi connectivity index (χ3v) is 10.4. The van der Waals surface area contributed by atoms with Crippen LogP contribution in [0, 0.1) is 16.7 Å². The number of carbonyl (C=O) groups excluding carboxylic acids is 2. The standard InChI is InChI=1S/C35H54N8O2/c1-8-27-11-9-10-22-42(27)30-32(45)43(35(37-30)20-16-26(17-21-35)34(5,6)7)28(18-19-33(2,3)4)24-12-14-25(15-13-24)31(44)36-23-29-38-40-41-39-29/h12-15,26-28H,8-11,16-23H2,1-7H3,(H,36,44)(H,38,39,40,41)/t26?,27?,28-,35?/m1/s1. The molecule has 1 aliphatic carbocycles. The Bertz CT molecular complexity index is 1330. The van der Waals surface area contributed by atoms with E-state index in [1.807, 2.05) is 24.3 Å². The Balaban J connectivity index is 1.48. The highest BCUT2D eigenvalue weighted by molar-refractivity contribution is 6.39. The second kappa shape index (κ2) is 13.2. The number of tetrazole rings is 1. The highest BCUT2D eigenvalue weighted by Gasteiger charge is 2.54. The Labute approximate surface area is 269 Å². The molecule has 2 atom stereocenters. The second-order valence-electron chi connectivity index (χ2n) is 15.7. The van der Waals surface area contributed by atoms with Gasteiger partial charge < -0.3 is 15.1 Å². The van der Waals surface area contributed by atoms with Gasteiger partial charge in [-0.2, -0.15) is 5.21 Å². The van der Waals surface area contributed by atoms with Crippen molar-refractivity contribution in [3.05, 3.63) is 41.2 Å². The van der Waals surface area contributed by atoms with Gasteiger partial charge in [0.25, 0.3) is 11.8 Å². The molecule has 0 radical (unpaired) electrons. The normalized spacial score (nSPS) is 25.0. The van der Waals surface area contributed by atoms with Gasteiger partial charge in [-0.15, -0.1) is 10.2 Å². The summed E-state index contributed by atoms with van der Waals surface area (Å²) in [5.74, 6) is 1.61. The molecular weight excluding hydrogens is 564 g/mol. The van der Waals surface area contributed by atoms with Gasteiger partial charge in [-0.1, -0.05) is 65.8 Å². The Morgan fingerprint density at radius 1 is 1.07 bits per heavy atom.